The summed E-state index contributed by atoms with van der Waals surface area (Å²) >= 11 is 1.31. The lowest BCUT2D eigenvalue weighted by atomic mass is 9.86. The third kappa shape index (κ3) is 6.60. The smallest absolute Gasteiger partial charge is 0.254 e. The van der Waals surface area contributed by atoms with Crippen LogP contribution in [0.4, 0.5) is 0 Å². The molecule has 0 aliphatic heterocycles. The van der Waals surface area contributed by atoms with Gasteiger partial charge in [-0.2, -0.15) is 0 Å². The standard InChI is InChI=1S/C23H29N3O2S/c1-17-8-5-6-12-20(17)26-22(28)19-11-7-14-25-23(19)29-16-21(27)24-15-13-18-9-3-2-4-10-18/h2-4,7,9-11,14,17,20H,5-6,8,12-13,15-16H2,1H3,(H,24,27)(H,26,28). The summed E-state index contributed by atoms with van der Waals surface area (Å²) in [4.78, 5) is 29.3. The maximum absolute atomic E-state index is 12.8. The quantitative estimate of drug-likeness (QED) is 0.648. The van der Waals surface area contributed by atoms with Crippen molar-refractivity contribution in [3.05, 3.63) is 59.8 Å². The Kier molecular flexibility index (Phi) is 8.11. The maximum Gasteiger partial charge on any atom is 0.254 e. The summed E-state index contributed by atoms with van der Waals surface area (Å²) in [6.07, 6.45) is 7.04. The van der Waals surface area contributed by atoms with Gasteiger partial charge < -0.3 is 10.6 Å². The zero-order valence-corrected chi connectivity index (χ0v) is 17.7. The van der Waals surface area contributed by atoms with Crippen LogP contribution in [0.25, 0.3) is 0 Å². The molecular formula is C23H29N3O2S. The van der Waals surface area contributed by atoms with Crippen LogP contribution >= 0.6 is 11.8 Å². The Morgan fingerprint density at radius 2 is 1.90 bits per heavy atom. The molecule has 1 aromatic carbocycles. The molecule has 2 atom stereocenters. The van der Waals surface area contributed by atoms with Crippen LogP contribution in [0.2, 0.25) is 0 Å². The fraction of sp³-hybridized carbons (Fsp3) is 0.435. The lowest BCUT2D eigenvalue weighted by Gasteiger charge is -2.29. The van der Waals surface area contributed by atoms with Gasteiger partial charge in [-0.3, -0.25) is 9.59 Å². The molecule has 29 heavy (non-hydrogen) atoms. The predicted molar refractivity (Wildman–Crippen MR) is 117 cm³/mol. The zero-order valence-electron chi connectivity index (χ0n) is 16.9. The van der Waals surface area contributed by atoms with Gasteiger partial charge in [0.25, 0.3) is 5.91 Å². The largest absolute Gasteiger partial charge is 0.355 e. The third-order valence-corrected chi connectivity index (χ3v) is 6.37. The molecule has 2 unspecified atom stereocenters. The monoisotopic (exact) mass is 411 g/mol. The highest BCUT2D eigenvalue weighted by atomic mass is 32.2. The molecular weight excluding hydrogens is 382 g/mol. The minimum atomic E-state index is -0.0937. The number of aromatic nitrogens is 1. The average molecular weight is 412 g/mol. The topological polar surface area (TPSA) is 71.1 Å². The number of hydrogen-bond acceptors (Lipinski definition) is 4. The molecule has 2 N–H and O–H groups in total. The first-order valence-electron chi connectivity index (χ1n) is 10.3. The molecule has 1 aromatic heterocycles. The maximum atomic E-state index is 12.8. The molecule has 154 valence electrons. The highest BCUT2D eigenvalue weighted by molar-refractivity contribution is 8.00. The van der Waals surface area contributed by atoms with Crippen LogP contribution in [0.15, 0.2) is 53.7 Å². The van der Waals surface area contributed by atoms with E-state index in [-0.39, 0.29) is 23.6 Å². The molecule has 1 heterocycles. The van der Waals surface area contributed by atoms with E-state index in [1.807, 2.05) is 30.3 Å². The second-order valence-corrected chi connectivity index (χ2v) is 8.54. The lowest BCUT2D eigenvalue weighted by Crippen LogP contribution is -2.41. The summed E-state index contributed by atoms with van der Waals surface area (Å²) in [6, 6.07) is 13.8. The van der Waals surface area contributed by atoms with Gasteiger partial charge in [-0.15, -0.1) is 0 Å². The van der Waals surface area contributed by atoms with Crippen LogP contribution in [0.3, 0.4) is 0 Å². The van der Waals surface area contributed by atoms with E-state index in [1.165, 1.54) is 23.7 Å². The number of nitrogens with zero attached hydrogens (tertiary/aromatic N) is 1. The SMILES string of the molecule is CC1CCCCC1NC(=O)c1cccnc1SCC(=O)NCCc1ccccc1. The zero-order chi connectivity index (χ0) is 20.5. The number of thioether (sulfide) groups is 1. The number of pyridine rings is 1. The van der Waals surface area contributed by atoms with E-state index in [4.69, 9.17) is 0 Å². The van der Waals surface area contributed by atoms with E-state index in [0.717, 1.165) is 25.7 Å². The Labute approximate surface area is 177 Å². The van der Waals surface area contributed by atoms with Crippen molar-refractivity contribution in [3.63, 3.8) is 0 Å². The molecule has 3 rings (SSSR count). The molecule has 0 bridgehead atoms. The van der Waals surface area contributed by atoms with Crippen molar-refractivity contribution in [1.29, 1.82) is 0 Å². The number of carbonyl (C=O) groups is 2. The van der Waals surface area contributed by atoms with E-state index >= 15 is 0 Å². The van der Waals surface area contributed by atoms with Crippen molar-refractivity contribution in [1.82, 2.24) is 15.6 Å². The molecule has 1 saturated carbocycles. The number of benzene rings is 1. The summed E-state index contributed by atoms with van der Waals surface area (Å²) < 4.78 is 0. The fourth-order valence-corrected chi connectivity index (χ4v) is 4.45. The van der Waals surface area contributed by atoms with Crippen LogP contribution < -0.4 is 10.6 Å². The van der Waals surface area contributed by atoms with Crippen LogP contribution in [0.1, 0.15) is 48.5 Å². The van der Waals surface area contributed by atoms with Crippen LogP contribution in [-0.4, -0.2) is 35.1 Å². The number of amides is 2. The first kappa shape index (κ1) is 21.4. The van der Waals surface area contributed by atoms with E-state index in [2.05, 4.69) is 22.5 Å². The molecule has 6 heteroatoms. The molecule has 0 radical (unpaired) electrons. The van der Waals surface area contributed by atoms with Crippen LogP contribution in [0.5, 0.6) is 0 Å². The van der Waals surface area contributed by atoms with Gasteiger partial charge in [0.15, 0.2) is 0 Å². The van der Waals surface area contributed by atoms with E-state index in [9.17, 15) is 9.59 Å². The number of rotatable bonds is 8. The number of nitrogens with one attached hydrogen (secondary N) is 2. The first-order chi connectivity index (χ1) is 14.1. The third-order valence-electron chi connectivity index (χ3n) is 5.36. The minimum absolute atomic E-state index is 0.0520. The normalized spacial score (nSPS) is 18.8. The van der Waals surface area contributed by atoms with E-state index < -0.39 is 0 Å². The Balaban J connectivity index is 1.49. The molecule has 0 saturated heterocycles. The number of hydrogen-bond donors (Lipinski definition) is 2. The van der Waals surface area contributed by atoms with Crippen molar-refractivity contribution in [2.75, 3.05) is 12.3 Å². The van der Waals surface area contributed by atoms with E-state index in [0.29, 0.717) is 23.1 Å². The Morgan fingerprint density at radius 1 is 1.10 bits per heavy atom. The molecule has 0 spiro atoms. The molecule has 2 amide bonds. The second kappa shape index (κ2) is 11.0. The van der Waals surface area contributed by atoms with E-state index in [1.54, 1.807) is 18.3 Å². The summed E-state index contributed by atoms with van der Waals surface area (Å²) in [6.45, 7) is 2.79. The average Bonchev–Trinajstić information content (AvgIpc) is 2.75. The Morgan fingerprint density at radius 3 is 2.69 bits per heavy atom. The first-order valence-corrected chi connectivity index (χ1v) is 11.3. The molecule has 5 nitrogen and oxygen atoms in total. The highest BCUT2D eigenvalue weighted by Crippen LogP contribution is 2.25. The van der Waals surface area contributed by atoms with Gasteiger partial charge in [0.05, 0.1) is 11.3 Å². The number of carbonyl (C=O) groups excluding carboxylic acids is 2. The minimum Gasteiger partial charge on any atom is -0.355 e. The van der Waals surface area contributed by atoms with Gasteiger partial charge in [0, 0.05) is 18.8 Å². The van der Waals surface area contributed by atoms with Crippen molar-refractivity contribution < 1.29 is 9.59 Å². The molecule has 2 aromatic rings. The Hall–Kier alpha value is -2.34. The van der Waals surface area contributed by atoms with Gasteiger partial charge in [0.2, 0.25) is 5.91 Å². The summed E-state index contributed by atoms with van der Waals surface area (Å²) in [7, 11) is 0. The summed E-state index contributed by atoms with van der Waals surface area (Å²) in [5.74, 6) is 0.592. The Bertz CT molecular complexity index is 813. The van der Waals surface area contributed by atoms with Gasteiger partial charge in [0.1, 0.15) is 5.03 Å². The van der Waals surface area contributed by atoms with Crippen LogP contribution in [0, 0.1) is 5.92 Å². The van der Waals surface area contributed by atoms with Gasteiger partial charge in [-0.1, -0.05) is 61.9 Å². The fourth-order valence-electron chi connectivity index (χ4n) is 3.63. The molecule has 1 aliphatic carbocycles. The lowest BCUT2D eigenvalue weighted by molar-refractivity contribution is -0.118. The van der Waals surface area contributed by atoms with Crippen LogP contribution in [-0.2, 0) is 11.2 Å². The van der Waals surface area contributed by atoms with Gasteiger partial charge in [-0.05, 0) is 42.9 Å². The summed E-state index contributed by atoms with van der Waals surface area (Å²) in [5.41, 5.74) is 1.74. The van der Waals surface area contributed by atoms with Gasteiger partial charge >= 0.3 is 0 Å². The van der Waals surface area contributed by atoms with Crippen molar-refractivity contribution >= 4 is 23.6 Å². The predicted octanol–water partition coefficient (Wildman–Crippen LogP) is 3.84. The second-order valence-electron chi connectivity index (χ2n) is 7.57. The molecule has 1 fully saturated rings. The van der Waals surface area contributed by atoms with Crippen molar-refractivity contribution in [2.24, 2.45) is 5.92 Å². The van der Waals surface area contributed by atoms with Gasteiger partial charge in [-0.25, -0.2) is 4.98 Å². The highest BCUT2D eigenvalue weighted by Gasteiger charge is 2.24. The summed E-state index contributed by atoms with van der Waals surface area (Å²) in [5, 5.41) is 6.71. The van der Waals surface area contributed by atoms with Crippen molar-refractivity contribution in [2.45, 2.75) is 50.1 Å². The van der Waals surface area contributed by atoms with Crippen molar-refractivity contribution in [3.8, 4) is 0 Å². The molecule has 1 aliphatic rings.